The van der Waals surface area contributed by atoms with Crippen LogP contribution in [-0.2, 0) is 18.4 Å². The zero-order chi connectivity index (χ0) is 15.2. The smallest absolute Gasteiger partial charge is 0.328 e. The van der Waals surface area contributed by atoms with Gasteiger partial charge in [-0.05, 0) is 23.8 Å². The van der Waals surface area contributed by atoms with E-state index >= 15 is 0 Å². The molecule has 2 heterocycles. The van der Waals surface area contributed by atoms with Gasteiger partial charge in [-0.2, -0.15) is 5.10 Å². The lowest BCUT2D eigenvalue weighted by atomic mass is 10.2. The molecule has 7 nitrogen and oxygen atoms in total. The summed E-state index contributed by atoms with van der Waals surface area (Å²) in [4.78, 5) is 26.4. The van der Waals surface area contributed by atoms with Gasteiger partial charge >= 0.3 is 5.97 Å². The van der Waals surface area contributed by atoms with E-state index in [4.69, 9.17) is 5.11 Å². The molecular formula is C14H14N4O3. The summed E-state index contributed by atoms with van der Waals surface area (Å²) in [6, 6.07) is 3.38. The third-order valence-electron chi connectivity index (χ3n) is 2.79. The van der Waals surface area contributed by atoms with Crippen LogP contribution in [0.1, 0.15) is 21.6 Å². The van der Waals surface area contributed by atoms with E-state index in [-0.39, 0.29) is 5.91 Å². The molecule has 2 N–H and O–H groups in total. The zero-order valence-electron chi connectivity index (χ0n) is 11.4. The highest BCUT2D eigenvalue weighted by molar-refractivity contribution is 5.94. The Bertz CT molecular complexity index is 691. The molecule has 0 radical (unpaired) electrons. The fraction of sp³-hybridized carbons (Fsp3) is 0.143. The molecule has 0 atom stereocenters. The Labute approximate surface area is 120 Å². The van der Waals surface area contributed by atoms with Crippen molar-refractivity contribution in [2.24, 2.45) is 7.05 Å². The summed E-state index contributed by atoms with van der Waals surface area (Å²) in [5.41, 5.74) is 1.79. The van der Waals surface area contributed by atoms with Gasteiger partial charge in [0.15, 0.2) is 0 Å². The molecule has 1 amide bonds. The molecule has 0 aliphatic carbocycles. The summed E-state index contributed by atoms with van der Waals surface area (Å²) in [5.74, 6) is -1.34. The Morgan fingerprint density at radius 2 is 2.24 bits per heavy atom. The van der Waals surface area contributed by atoms with Crippen molar-refractivity contribution < 1.29 is 14.7 Å². The first kappa shape index (κ1) is 14.4. The molecule has 7 heteroatoms. The van der Waals surface area contributed by atoms with Gasteiger partial charge in [-0.15, -0.1) is 0 Å². The molecule has 0 spiro atoms. The fourth-order valence-corrected chi connectivity index (χ4v) is 1.69. The molecular weight excluding hydrogens is 272 g/mol. The number of aliphatic carboxylic acids is 1. The van der Waals surface area contributed by atoms with Crippen LogP contribution in [0.4, 0.5) is 0 Å². The third kappa shape index (κ3) is 4.00. The van der Waals surface area contributed by atoms with E-state index in [9.17, 15) is 9.59 Å². The highest BCUT2D eigenvalue weighted by atomic mass is 16.4. The molecule has 0 saturated carbocycles. The van der Waals surface area contributed by atoms with Crippen molar-refractivity contribution in [2.75, 3.05) is 0 Å². The summed E-state index contributed by atoms with van der Waals surface area (Å²) in [6.07, 6.45) is 6.94. The number of hydrogen-bond donors (Lipinski definition) is 2. The van der Waals surface area contributed by atoms with Crippen LogP contribution < -0.4 is 5.32 Å². The van der Waals surface area contributed by atoms with Crippen molar-refractivity contribution in [3.8, 4) is 0 Å². The second-order valence-corrected chi connectivity index (χ2v) is 4.31. The molecule has 0 saturated heterocycles. The molecule has 2 aromatic rings. The maximum Gasteiger partial charge on any atom is 0.328 e. The molecule has 0 aliphatic rings. The van der Waals surface area contributed by atoms with Gasteiger partial charge in [-0.25, -0.2) is 4.79 Å². The Morgan fingerprint density at radius 1 is 1.43 bits per heavy atom. The number of carbonyl (C=O) groups excluding carboxylic acids is 1. The van der Waals surface area contributed by atoms with E-state index in [2.05, 4.69) is 15.4 Å². The van der Waals surface area contributed by atoms with Crippen molar-refractivity contribution in [3.63, 3.8) is 0 Å². The minimum Gasteiger partial charge on any atom is -0.478 e. The van der Waals surface area contributed by atoms with E-state index < -0.39 is 5.97 Å². The van der Waals surface area contributed by atoms with Crippen LogP contribution in [-0.4, -0.2) is 31.7 Å². The summed E-state index contributed by atoms with van der Waals surface area (Å²) in [7, 11) is 1.79. The Morgan fingerprint density at radius 3 is 2.90 bits per heavy atom. The van der Waals surface area contributed by atoms with Gasteiger partial charge in [0.25, 0.3) is 5.91 Å². The first-order chi connectivity index (χ1) is 10.1. The second kappa shape index (κ2) is 6.47. The van der Waals surface area contributed by atoms with Crippen LogP contribution in [0.2, 0.25) is 0 Å². The fourth-order valence-electron chi connectivity index (χ4n) is 1.69. The molecule has 2 rings (SSSR count). The Balaban J connectivity index is 2.04. The first-order valence-electron chi connectivity index (χ1n) is 6.17. The highest BCUT2D eigenvalue weighted by Crippen LogP contribution is 2.05. The quantitative estimate of drug-likeness (QED) is 0.794. The third-order valence-corrected chi connectivity index (χ3v) is 2.79. The van der Waals surface area contributed by atoms with Gasteiger partial charge in [-0.3, -0.25) is 14.5 Å². The first-order valence-corrected chi connectivity index (χ1v) is 6.17. The number of aryl methyl sites for hydroxylation is 1. The molecule has 108 valence electrons. The lowest BCUT2D eigenvalue weighted by molar-refractivity contribution is -0.131. The van der Waals surface area contributed by atoms with E-state index in [1.807, 2.05) is 6.07 Å². The predicted octanol–water partition coefficient (Wildman–Crippen LogP) is 0.843. The number of nitrogens with zero attached hydrogens (tertiary/aromatic N) is 3. The number of hydrogen-bond acceptors (Lipinski definition) is 4. The standard InChI is InChI=1S/C14H14N4O3/c1-18-12(4-5-17-18)9-16-14(21)11-6-10(7-15-8-11)2-3-13(19)20/h2-8H,9H2,1H3,(H,16,21)(H,19,20). The highest BCUT2D eigenvalue weighted by Gasteiger charge is 2.07. The van der Waals surface area contributed by atoms with Crippen LogP contribution in [0, 0.1) is 0 Å². The van der Waals surface area contributed by atoms with Gasteiger partial charge in [-0.1, -0.05) is 0 Å². The lowest BCUT2D eigenvalue weighted by Gasteiger charge is -2.06. The van der Waals surface area contributed by atoms with Gasteiger partial charge in [0.05, 0.1) is 17.8 Å². The molecule has 0 aromatic carbocycles. The SMILES string of the molecule is Cn1nccc1CNC(=O)c1cncc(C=CC(=O)O)c1. The average Bonchev–Trinajstić information content (AvgIpc) is 2.88. The number of pyridine rings is 1. The van der Waals surface area contributed by atoms with Crippen LogP contribution >= 0.6 is 0 Å². The largest absolute Gasteiger partial charge is 0.478 e. The normalized spacial score (nSPS) is 10.7. The van der Waals surface area contributed by atoms with E-state index in [0.29, 0.717) is 17.7 Å². The average molecular weight is 286 g/mol. The topological polar surface area (TPSA) is 97.1 Å². The molecule has 0 aliphatic heterocycles. The second-order valence-electron chi connectivity index (χ2n) is 4.31. The van der Waals surface area contributed by atoms with Gasteiger partial charge in [0.1, 0.15) is 0 Å². The minimum absolute atomic E-state index is 0.283. The number of aromatic nitrogens is 3. The van der Waals surface area contributed by atoms with Crippen molar-refractivity contribution in [1.29, 1.82) is 0 Å². The maximum atomic E-state index is 12.0. The lowest BCUT2D eigenvalue weighted by Crippen LogP contribution is -2.24. The van der Waals surface area contributed by atoms with Crippen molar-refractivity contribution in [2.45, 2.75) is 6.54 Å². The predicted molar refractivity (Wildman–Crippen MR) is 75.3 cm³/mol. The summed E-state index contributed by atoms with van der Waals surface area (Å²) >= 11 is 0. The van der Waals surface area contributed by atoms with Gasteiger partial charge in [0, 0.05) is 31.7 Å². The Kier molecular flexibility index (Phi) is 4.45. The van der Waals surface area contributed by atoms with Crippen LogP contribution in [0.15, 0.2) is 36.8 Å². The zero-order valence-corrected chi connectivity index (χ0v) is 11.4. The number of rotatable bonds is 5. The summed E-state index contributed by atoms with van der Waals surface area (Å²) in [6.45, 7) is 0.352. The van der Waals surface area contributed by atoms with E-state index in [1.165, 1.54) is 18.5 Å². The number of carbonyl (C=O) groups is 2. The molecule has 0 fully saturated rings. The monoisotopic (exact) mass is 286 g/mol. The van der Waals surface area contributed by atoms with Gasteiger partial charge in [0.2, 0.25) is 0 Å². The number of amides is 1. The van der Waals surface area contributed by atoms with Gasteiger partial charge < -0.3 is 10.4 Å². The minimum atomic E-state index is -1.05. The molecule has 21 heavy (non-hydrogen) atoms. The summed E-state index contributed by atoms with van der Waals surface area (Å²) < 4.78 is 1.67. The Hall–Kier alpha value is -2.96. The van der Waals surface area contributed by atoms with E-state index in [1.54, 1.807) is 24.0 Å². The molecule has 2 aromatic heterocycles. The van der Waals surface area contributed by atoms with Crippen molar-refractivity contribution >= 4 is 18.0 Å². The van der Waals surface area contributed by atoms with Crippen LogP contribution in [0.3, 0.4) is 0 Å². The molecule has 0 unspecified atom stereocenters. The maximum absolute atomic E-state index is 12.0. The van der Waals surface area contributed by atoms with Crippen molar-refractivity contribution in [1.82, 2.24) is 20.1 Å². The number of carboxylic acids is 1. The van der Waals surface area contributed by atoms with E-state index in [0.717, 1.165) is 11.8 Å². The number of nitrogens with one attached hydrogen (secondary N) is 1. The molecule has 0 bridgehead atoms. The van der Waals surface area contributed by atoms with Crippen LogP contribution in [0.5, 0.6) is 0 Å². The van der Waals surface area contributed by atoms with Crippen LogP contribution in [0.25, 0.3) is 6.08 Å². The van der Waals surface area contributed by atoms with Crippen molar-refractivity contribution in [3.05, 3.63) is 53.6 Å². The number of carboxylic acid groups (broad SMARTS) is 1. The summed E-state index contributed by atoms with van der Waals surface area (Å²) in [5, 5.41) is 15.3.